The van der Waals surface area contributed by atoms with E-state index in [4.69, 9.17) is 4.98 Å². The van der Waals surface area contributed by atoms with Gasteiger partial charge in [-0.25, -0.2) is 9.37 Å². The molecule has 2 heterocycles. The summed E-state index contributed by atoms with van der Waals surface area (Å²) in [5.74, 6) is -1.13. The second-order valence-electron chi connectivity index (χ2n) is 7.89. The molecule has 0 saturated carbocycles. The fraction of sp³-hybridized carbons (Fsp3) is 0.375. The van der Waals surface area contributed by atoms with Gasteiger partial charge in [-0.3, -0.25) is 14.5 Å². The van der Waals surface area contributed by atoms with Crippen LogP contribution in [-0.2, 0) is 11.3 Å². The van der Waals surface area contributed by atoms with Gasteiger partial charge >= 0.3 is 0 Å². The average Bonchev–Trinajstić information content (AvgIpc) is 3.14. The van der Waals surface area contributed by atoms with E-state index >= 15 is 0 Å². The van der Waals surface area contributed by atoms with Crippen LogP contribution >= 0.6 is 0 Å². The van der Waals surface area contributed by atoms with Crippen LogP contribution in [0, 0.1) is 5.82 Å². The van der Waals surface area contributed by atoms with Crippen molar-refractivity contribution < 1.29 is 19.1 Å². The SMILES string of the molecule is CCC1C(=O)N(CCCO)C(=O)c2c1nc(-c1cccc(F)c1)n2CC1=CC=CCC1. The van der Waals surface area contributed by atoms with E-state index in [1.165, 1.54) is 17.0 Å². The van der Waals surface area contributed by atoms with Gasteiger partial charge in [0.15, 0.2) is 0 Å². The van der Waals surface area contributed by atoms with E-state index in [1.54, 1.807) is 12.1 Å². The van der Waals surface area contributed by atoms with Crippen LogP contribution in [0.3, 0.4) is 0 Å². The lowest BCUT2D eigenvalue weighted by molar-refractivity contribution is -0.131. The Bertz CT molecular complexity index is 1070. The molecule has 1 atom stereocenters. The first-order valence-corrected chi connectivity index (χ1v) is 10.7. The van der Waals surface area contributed by atoms with Crippen molar-refractivity contribution in [3.05, 3.63) is 65.3 Å². The van der Waals surface area contributed by atoms with Crippen LogP contribution in [0.1, 0.15) is 54.7 Å². The normalized spacial score (nSPS) is 18.4. The molecule has 0 bridgehead atoms. The van der Waals surface area contributed by atoms with E-state index in [1.807, 2.05) is 23.6 Å². The summed E-state index contributed by atoms with van der Waals surface area (Å²) >= 11 is 0. The van der Waals surface area contributed by atoms with Gasteiger partial charge in [-0.2, -0.15) is 0 Å². The van der Waals surface area contributed by atoms with Crippen LogP contribution in [0.2, 0.25) is 0 Å². The number of aromatic nitrogens is 2. The second-order valence-corrected chi connectivity index (χ2v) is 7.89. The number of aliphatic hydroxyl groups is 1. The maximum atomic E-state index is 14.0. The molecule has 2 amide bonds. The van der Waals surface area contributed by atoms with Gasteiger partial charge in [0.1, 0.15) is 17.3 Å². The predicted molar refractivity (Wildman–Crippen MR) is 115 cm³/mol. The first-order valence-electron chi connectivity index (χ1n) is 10.7. The molecule has 1 aromatic carbocycles. The summed E-state index contributed by atoms with van der Waals surface area (Å²) in [6, 6.07) is 6.14. The second kappa shape index (κ2) is 8.98. The third kappa shape index (κ3) is 3.97. The average molecular weight is 423 g/mol. The summed E-state index contributed by atoms with van der Waals surface area (Å²) in [5.41, 5.74) is 2.56. The van der Waals surface area contributed by atoms with E-state index in [-0.39, 0.29) is 24.9 Å². The number of fused-ring (bicyclic) bond motifs is 1. The number of nitrogens with zero attached hydrogens (tertiary/aromatic N) is 3. The standard InChI is InChI=1S/C24H26FN3O3/c1-2-19-20-21(24(31)27(23(19)30)12-7-13-29)28(15-16-8-4-3-5-9-16)22(26-20)17-10-6-11-18(25)14-17/h3-4,6,8,10-11,14,19,29H,2,5,7,9,12-13,15H2,1H3. The number of hydrogen-bond donors (Lipinski definition) is 1. The Kier molecular flexibility index (Phi) is 6.13. The molecule has 1 aromatic heterocycles. The smallest absolute Gasteiger partial charge is 0.279 e. The fourth-order valence-corrected chi connectivity index (χ4v) is 4.27. The largest absolute Gasteiger partial charge is 0.396 e. The van der Waals surface area contributed by atoms with Crippen molar-refractivity contribution in [2.45, 2.75) is 45.1 Å². The minimum absolute atomic E-state index is 0.103. The molecule has 6 nitrogen and oxygen atoms in total. The van der Waals surface area contributed by atoms with Gasteiger partial charge in [-0.05, 0) is 37.8 Å². The van der Waals surface area contributed by atoms with Gasteiger partial charge in [0.2, 0.25) is 5.91 Å². The minimum atomic E-state index is -0.541. The summed E-state index contributed by atoms with van der Waals surface area (Å²) in [6.45, 7) is 2.40. The Morgan fingerprint density at radius 3 is 2.81 bits per heavy atom. The van der Waals surface area contributed by atoms with E-state index < -0.39 is 11.8 Å². The molecule has 31 heavy (non-hydrogen) atoms. The van der Waals surface area contributed by atoms with Gasteiger partial charge in [0, 0.05) is 25.3 Å². The third-order valence-electron chi connectivity index (χ3n) is 5.83. The van der Waals surface area contributed by atoms with Crippen molar-refractivity contribution in [1.29, 1.82) is 0 Å². The van der Waals surface area contributed by atoms with Gasteiger partial charge < -0.3 is 9.67 Å². The summed E-state index contributed by atoms with van der Waals surface area (Å²) in [7, 11) is 0. The topological polar surface area (TPSA) is 75.4 Å². The van der Waals surface area contributed by atoms with E-state index in [9.17, 15) is 19.1 Å². The predicted octanol–water partition coefficient (Wildman–Crippen LogP) is 3.82. The first-order chi connectivity index (χ1) is 15.0. The van der Waals surface area contributed by atoms with Crippen molar-refractivity contribution in [1.82, 2.24) is 14.5 Å². The Hall–Kier alpha value is -3.06. The Morgan fingerprint density at radius 2 is 2.13 bits per heavy atom. The molecule has 0 radical (unpaired) electrons. The van der Waals surface area contributed by atoms with Crippen LogP contribution in [0.5, 0.6) is 0 Å². The summed E-state index contributed by atoms with van der Waals surface area (Å²) in [6.07, 6.45) is 8.73. The maximum absolute atomic E-state index is 14.0. The summed E-state index contributed by atoms with van der Waals surface area (Å²) < 4.78 is 15.8. The molecule has 0 fully saturated rings. The number of rotatable bonds is 7. The van der Waals surface area contributed by atoms with Crippen molar-refractivity contribution in [3.8, 4) is 11.4 Å². The van der Waals surface area contributed by atoms with E-state index in [2.05, 4.69) is 6.08 Å². The van der Waals surface area contributed by atoms with Gasteiger partial charge in [-0.1, -0.05) is 42.9 Å². The molecule has 1 aliphatic carbocycles. The highest BCUT2D eigenvalue weighted by Crippen LogP contribution is 2.36. The van der Waals surface area contributed by atoms with Crippen LogP contribution in [0.4, 0.5) is 4.39 Å². The zero-order valence-electron chi connectivity index (χ0n) is 17.6. The Morgan fingerprint density at radius 1 is 1.29 bits per heavy atom. The molecular formula is C24H26FN3O3. The highest BCUT2D eigenvalue weighted by atomic mass is 19.1. The number of carbonyl (C=O) groups excluding carboxylic acids is 2. The number of carbonyl (C=O) groups is 2. The third-order valence-corrected chi connectivity index (χ3v) is 5.83. The number of aliphatic hydroxyl groups excluding tert-OH is 1. The Labute approximate surface area is 180 Å². The number of halogens is 1. The molecule has 1 N–H and O–H groups in total. The maximum Gasteiger partial charge on any atom is 0.279 e. The quantitative estimate of drug-likeness (QED) is 0.687. The number of hydrogen-bond acceptors (Lipinski definition) is 4. The van der Waals surface area contributed by atoms with Crippen molar-refractivity contribution in [2.75, 3.05) is 13.2 Å². The monoisotopic (exact) mass is 423 g/mol. The lowest BCUT2D eigenvalue weighted by Gasteiger charge is -2.30. The lowest BCUT2D eigenvalue weighted by atomic mass is 9.94. The van der Waals surface area contributed by atoms with Gasteiger partial charge in [0.05, 0.1) is 11.6 Å². The zero-order chi connectivity index (χ0) is 22.0. The highest BCUT2D eigenvalue weighted by Gasteiger charge is 2.42. The molecule has 1 unspecified atom stereocenters. The molecule has 4 rings (SSSR count). The Balaban J connectivity index is 1.89. The number of imide groups is 1. The molecule has 1 aliphatic heterocycles. The van der Waals surface area contributed by atoms with Gasteiger partial charge in [-0.15, -0.1) is 0 Å². The van der Waals surface area contributed by atoms with Gasteiger partial charge in [0.25, 0.3) is 5.91 Å². The van der Waals surface area contributed by atoms with Crippen LogP contribution in [-0.4, -0.2) is 44.5 Å². The molecule has 2 aromatic rings. The molecule has 162 valence electrons. The molecule has 2 aliphatic rings. The van der Waals surface area contributed by atoms with Crippen LogP contribution in [0.15, 0.2) is 48.1 Å². The van der Waals surface area contributed by atoms with Crippen LogP contribution in [0.25, 0.3) is 11.4 Å². The zero-order valence-corrected chi connectivity index (χ0v) is 17.6. The minimum Gasteiger partial charge on any atom is -0.396 e. The van der Waals surface area contributed by atoms with Crippen molar-refractivity contribution in [2.24, 2.45) is 0 Å². The van der Waals surface area contributed by atoms with E-state index in [0.29, 0.717) is 42.2 Å². The fourth-order valence-electron chi connectivity index (χ4n) is 4.27. The summed E-state index contributed by atoms with van der Waals surface area (Å²) in [5, 5.41) is 9.22. The highest BCUT2D eigenvalue weighted by molar-refractivity contribution is 6.10. The molecule has 0 spiro atoms. The molecule has 7 heteroatoms. The number of amides is 2. The van der Waals surface area contributed by atoms with Crippen molar-refractivity contribution >= 4 is 11.8 Å². The number of imidazole rings is 1. The van der Waals surface area contributed by atoms with E-state index in [0.717, 1.165) is 18.4 Å². The summed E-state index contributed by atoms with van der Waals surface area (Å²) in [4.78, 5) is 32.4. The number of allylic oxidation sites excluding steroid dienone is 4. The van der Waals surface area contributed by atoms with Crippen molar-refractivity contribution in [3.63, 3.8) is 0 Å². The van der Waals surface area contributed by atoms with Crippen LogP contribution < -0.4 is 0 Å². The first kappa shape index (κ1) is 21.2. The molecule has 0 saturated heterocycles. The molecular weight excluding hydrogens is 397 g/mol. The lowest BCUT2D eigenvalue weighted by Crippen LogP contribution is -2.46. The number of benzene rings is 1.